The summed E-state index contributed by atoms with van der Waals surface area (Å²) in [5.74, 6) is 0.540. The zero-order valence-electron chi connectivity index (χ0n) is 9.98. The molecule has 94 valence electrons. The summed E-state index contributed by atoms with van der Waals surface area (Å²) in [6, 6.07) is 2.95. The second kappa shape index (κ2) is 6.67. The van der Waals surface area contributed by atoms with Gasteiger partial charge in [0, 0.05) is 12.6 Å². The van der Waals surface area contributed by atoms with Crippen LogP contribution in [0.25, 0.3) is 0 Å². The van der Waals surface area contributed by atoms with E-state index < -0.39 is 4.92 Å². The Morgan fingerprint density at radius 3 is 2.76 bits per heavy atom. The van der Waals surface area contributed by atoms with Crippen molar-refractivity contribution in [1.29, 1.82) is 0 Å². The van der Waals surface area contributed by atoms with Crippen molar-refractivity contribution < 1.29 is 4.92 Å². The standard InChI is InChI=1S/C11H18N4O2/c1-2-3-4-5-8-13-10-7-6-9(15(16)17)11(12)14-10/h6-7H,2-5,8H2,1H3,(H3,12,13,14). The molecule has 1 aromatic heterocycles. The Morgan fingerprint density at radius 2 is 2.18 bits per heavy atom. The van der Waals surface area contributed by atoms with E-state index in [2.05, 4.69) is 17.2 Å². The molecule has 1 heterocycles. The highest BCUT2D eigenvalue weighted by Gasteiger charge is 2.12. The molecule has 1 aromatic rings. The molecule has 6 heteroatoms. The highest BCUT2D eigenvalue weighted by atomic mass is 16.6. The zero-order valence-corrected chi connectivity index (χ0v) is 9.98. The van der Waals surface area contributed by atoms with Crippen LogP contribution in [0.4, 0.5) is 17.3 Å². The number of aromatic nitrogens is 1. The maximum atomic E-state index is 10.5. The van der Waals surface area contributed by atoms with Gasteiger partial charge in [0.25, 0.3) is 0 Å². The number of nitrogens with two attached hydrogens (primary N) is 1. The van der Waals surface area contributed by atoms with Gasteiger partial charge in [-0.3, -0.25) is 10.1 Å². The second-order valence-corrected chi connectivity index (χ2v) is 3.85. The van der Waals surface area contributed by atoms with Gasteiger partial charge in [0.2, 0.25) is 5.82 Å². The maximum absolute atomic E-state index is 10.5. The molecule has 0 bridgehead atoms. The van der Waals surface area contributed by atoms with Crippen LogP contribution in [0, 0.1) is 10.1 Å². The predicted molar refractivity (Wildman–Crippen MR) is 67.9 cm³/mol. The minimum atomic E-state index is -0.534. The van der Waals surface area contributed by atoms with Crippen LogP contribution < -0.4 is 11.1 Å². The first-order valence-corrected chi connectivity index (χ1v) is 5.80. The van der Waals surface area contributed by atoms with Crippen molar-refractivity contribution in [3.63, 3.8) is 0 Å². The van der Waals surface area contributed by atoms with E-state index in [1.165, 1.54) is 25.3 Å². The molecule has 0 unspecified atom stereocenters. The average Bonchev–Trinajstić information content (AvgIpc) is 2.28. The maximum Gasteiger partial charge on any atom is 0.311 e. The Morgan fingerprint density at radius 1 is 1.41 bits per heavy atom. The molecular weight excluding hydrogens is 220 g/mol. The van der Waals surface area contributed by atoms with E-state index >= 15 is 0 Å². The topological polar surface area (TPSA) is 94.1 Å². The normalized spacial score (nSPS) is 10.2. The number of hydrogen-bond acceptors (Lipinski definition) is 5. The third-order valence-corrected chi connectivity index (χ3v) is 2.44. The van der Waals surface area contributed by atoms with E-state index in [0.29, 0.717) is 5.82 Å². The van der Waals surface area contributed by atoms with Gasteiger partial charge in [-0.25, -0.2) is 4.98 Å². The van der Waals surface area contributed by atoms with Crippen molar-refractivity contribution in [2.45, 2.75) is 32.6 Å². The lowest BCUT2D eigenvalue weighted by Crippen LogP contribution is -2.06. The molecule has 0 saturated heterocycles. The lowest BCUT2D eigenvalue weighted by Gasteiger charge is -2.05. The van der Waals surface area contributed by atoms with Crippen LogP contribution in [0.15, 0.2) is 12.1 Å². The van der Waals surface area contributed by atoms with Gasteiger partial charge in [0.1, 0.15) is 5.82 Å². The molecule has 0 radical (unpaired) electrons. The number of unbranched alkanes of at least 4 members (excludes halogenated alkanes) is 3. The van der Waals surface area contributed by atoms with Gasteiger partial charge in [0.05, 0.1) is 4.92 Å². The number of hydrogen-bond donors (Lipinski definition) is 2. The molecule has 17 heavy (non-hydrogen) atoms. The molecule has 0 aliphatic heterocycles. The number of nitro groups is 1. The third-order valence-electron chi connectivity index (χ3n) is 2.44. The Bertz CT molecular complexity index is 382. The fourth-order valence-electron chi connectivity index (χ4n) is 1.49. The predicted octanol–water partition coefficient (Wildman–Crippen LogP) is 2.56. The van der Waals surface area contributed by atoms with Gasteiger partial charge in [-0.05, 0) is 12.5 Å². The minimum Gasteiger partial charge on any atom is -0.378 e. The molecule has 0 aromatic carbocycles. The number of rotatable bonds is 7. The van der Waals surface area contributed by atoms with E-state index in [4.69, 9.17) is 5.73 Å². The number of anilines is 2. The van der Waals surface area contributed by atoms with Crippen molar-refractivity contribution in [3.05, 3.63) is 22.2 Å². The van der Waals surface area contributed by atoms with E-state index in [9.17, 15) is 10.1 Å². The lowest BCUT2D eigenvalue weighted by atomic mass is 10.2. The Hall–Kier alpha value is -1.85. The summed E-state index contributed by atoms with van der Waals surface area (Å²) in [5.41, 5.74) is 5.33. The molecule has 0 aliphatic rings. The summed E-state index contributed by atoms with van der Waals surface area (Å²) in [6.45, 7) is 2.97. The Kier molecular flexibility index (Phi) is 5.19. The van der Waals surface area contributed by atoms with Crippen LogP contribution in [-0.2, 0) is 0 Å². The Balaban J connectivity index is 2.45. The number of nitrogens with one attached hydrogen (secondary N) is 1. The van der Waals surface area contributed by atoms with Crippen molar-refractivity contribution in [3.8, 4) is 0 Å². The summed E-state index contributed by atoms with van der Waals surface area (Å²) in [4.78, 5) is 13.9. The molecule has 0 fully saturated rings. The van der Waals surface area contributed by atoms with Gasteiger partial charge in [-0.15, -0.1) is 0 Å². The van der Waals surface area contributed by atoms with Crippen molar-refractivity contribution in [1.82, 2.24) is 4.98 Å². The summed E-state index contributed by atoms with van der Waals surface area (Å²) in [7, 11) is 0. The first-order chi connectivity index (χ1) is 8.15. The first-order valence-electron chi connectivity index (χ1n) is 5.80. The number of nitrogen functional groups attached to an aromatic ring is 1. The first kappa shape index (κ1) is 13.2. The summed E-state index contributed by atoms with van der Waals surface area (Å²) >= 11 is 0. The van der Waals surface area contributed by atoms with E-state index in [1.54, 1.807) is 6.07 Å². The molecule has 0 amide bonds. The average molecular weight is 238 g/mol. The fraction of sp³-hybridized carbons (Fsp3) is 0.545. The Labute approximate surface area is 100 Å². The highest BCUT2D eigenvalue weighted by Crippen LogP contribution is 2.20. The van der Waals surface area contributed by atoms with Gasteiger partial charge < -0.3 is 11.1 Å². The van der Waals surface area contributed by atoms with Gasteiger partial charge >= 0.3 is 5.69 Å². The minimum absolute atomic E-state index is 0.0476. The van der Waals surface area contributed by atoms with Crippen LogP contribution >= 0.6 is 0 Å². The monoisotopic (exact) mass is 238 g/mol. The van der Waals surface area contributed by atoms with Gasteiger partial charge in [0.15, 0.2) is 0 Å². The highest BCUT2D eigenvalue weighted by molar-refractivity contribution is 5.57. The molecule has 1 rings (SSSR count). The van der Waals surface area contributed by atoms with E-state index in [-0.39, 0.29) is 11.5 Å². The van der Waals surface area contributed by atoms with Crippen molar-refractivity contribution in [2.24, 2.45) is 0 Å². The smallest absolute Gasteiger partial charge is 0.311 e. The number of nitrogens with zero attached hydrogens (tertiary/aromatic N) is 2. The largest absolute Gasteiger partial charge is 0.378 e. The van der Waals surface area contributed by atoms with Crippen LogP contribution in [0.1, 0.15) is 32.6 Å². The molecule has 0 saturated carbocycles. The molecule has 6 nitrogen and oxygen atoms in total. The second-order valence-electron chi connectivity index (χ2n) is 3.85. The van der Waals surface area contributed by atoms with Crippen molar-refractivity contribution >= 4 is 17.3 Å². The molecule has 0 aliphatic carbocycles. The summed E-state index contributed by atoms with van der Waals surface area (Å²) in [6.07, 6.45) is 4.65. The SMILES string of the molecule is CCCCCCNc1ccc([N+](=O)[O-])c(N)n1. The van der Waals surface area contributed by atoms with E-state index in [1.807, 2.05) is 0 Å². The van der Waals surface area contributed by atoms with Crippen molar-refractivity contribution in [2.75, 3.05) is 17.6 Å². The van der Waals surface area contributed by atoms with Gasteiger partial charge in [-0.1, -0.05) is 26.2 Å². The zero-order chi connectivity index (χ0) is 12.7. The summed E-state index contributed by atoms with van der Waals surface area (Å²) in [5, 5.41) is 13.6. The molecule has 3 N–H and O–H groups in total. The molecule has 0 spiro atoms. The van der Waals surface area contributed by atoms with Crippen LogP contribution in [0.2, 0.25) is 0 Å². The van der Waals surface area contributed by atoms with Crippen LogP contribution in [0.5, 0.6) is 0 Å². The molecule has 0 atom stereocenters. The lowest BCUT2D eigenvalue weighted by molar-refractivity contribution is -0.384. The molecular formula is C11H18N4O2. The van der Waals surface area contributed by atoms with Gasteiger partial charge in [-0.2, -0.15) is 0 Å². The van der Waals surface area contributed by atoms with Crippen LogP contribution in [0.3, 0.4) is 0 Å². The summed E-state index contributed by atoms with van der Waals surface area (Å²) < 4.78 is 0. The fourth-order valence-corrected chi connectivity index (χ4v) is 1.49. The third kappa shape index (κ3) is 4.26. The number of pyridine rings is 1. The quantitative estimate of drug-likeness (QED) is 0.432. The van der Waals surface area contributed by atoms with E-state index in [0.717, 1.165) is 13.0 Å². The van der Waals surface area contributed by atoms with Crippen LogP contribution in [-0.4, -0.2) is 16.5 Å².